The van der Waals surface area contributed by atoms with Gasteiger partial charge in [0, 0.05) is 37.2 Å². The van der Waals surface area contributed by atoms with Crippen LogP contribution in [0.4, 0.5) is 0 Å². The predicted molar refractivity (Wildman–Crippen MR) is 101 cm³/mol. The van der Waals surface area contributed by atoms with Crippen LogP contribution in [0, 0.1) is 0 Å². The molecule has 3 rings (SSSR count). The molecule has 0 saturated carbocycles. The summed E-state index contributed by atoms with van der Waals surface area (Å²) in [5, 5.41) is 3.72. The van der Waals surface area contributed by atoms with E-state index in [1.165, 1.54) is 11.8 Å². The van der Waals surface area contributed by atoms with Crippen molar-refractivity contribution in [1.82, 2.24) is 19.9 Å². The molecule has 0 aliphatic heterocycles. The van der Waals surface area contributed by atoms with Crippen molar-refractivity contribution in [2.24, 2.45) is 0 Å². The van der Waals surface area contributed by atoms with Crippen LogP contribution in [-0.4, -0.2) is 33.2 Å². The van der Waals surface area contributed by atoms with E-state index in [0.29, 0.717) is 12.1 Å². The monoisotopic (exact) mass is 352 g/mol. The van der Waals surface area contributed by atoms with Crippen LogP contribution < -0.4 is 5.32 Å². The molecule has 5 nitrogen and oxygen atoms in total. The minimum Gasteiger partial charge on any atom is -0.352 e. The summed E-state index contributed by atoms with van der Waals surface area (Å²) >= 11 is 1.48. The topological polar surface area (TPSA) is 59.8 Å². The highest BCUT2D eigenvalue weighted by Crippen LogP contribution is 2.17. The Kier molecular flexibility index (Phi) is 5.85. The first-order valence-electron chi connectivity index (χ1n) is 8.13. The smallest absolute Gasteiger partial charge is 0.254 e. The van der Waals surface area contributed by atoms with E-state index >= 15 is 0 Å². The lowest BCUT2D eigenvalue weighted by Gasteiger charge is -2.10. The van der Waals surface area contributed by atoms with Crippen molar-refractivity contribution in [3.8, 4) is 11.4 Å². The predicted octanol–water partition coefficient (Wildman–Crippen LogP) is 3.49. The van der Waals surface area contributed by atoms with Crippen LogP contribution in [0.1, 0.15) is 16.8 Å². The van der Waals surface area contributed by atoms with Gasteiger partial charge in [0.15, 0.2) is 0 Å². The Morgan fingerprint density at radius 2 is 1.96 bits per heavy atom. The number of benzene rings is 1. The number of carbonyl (C=O) groups excluding carboxylic acids is 1. The van der Waals surface area contributed by atoms with Crippen LogP contribution in [-0.2, 0) is 6.54 Å². The molecule has 6 heteroatoms. The molecular weight excluding hydrogens is 332 g/mol. The van der Waals surface area contributed by atoms with Crippen molar-refractivity contribution in [3.63, 3.8) is 0 Å². The van der Waals surface area contributed by atoms with Gasteiger partial charge in [0.2, 0.25) is 0 Å². The molecule has 0 saturated heterocycles. The SMILES string of the molecule is CSc1ncccc1C(=O)NCCCn1ccnc1-c1ccccc1. The number of aryl methyl sites for hydroxylation is 1. The van der Waals surface area contributed by atoms with Crippen LogP contribution in [0.2, 0.25) is 0 Å². The Labute approximate surface area is 151 Å². The number of imidazole rings is 1. The average molecular weight is 352 g/mol. The summed E-state index contributed by atoms with van der Waals surface area (Å²) in [6, 6.07) is 13.7. The molecule has 3 aromatic rings. The number of hydrogen-bond acceptors (Lipinski definition) is 4. The van der Waals surface area contributed by atoms with Gasteiger partial charge in [-0.15, -0.1) is 11.8 Å². The number of carbonyl (C=O) groups is 1. The third-order valence-corrected chi connectivity index (χ3v) is 4.53. The average Bonchev–Trinajstić information content (AvgIpc) is 3.14. The second-order valence-electron chi connectivity index (χ2n) is 5.48. The minimum atomic E-state index is -0.0774. The fourth-order valence-corrected chi connectivity index (χ4v) is 3.16. The normalized spacial score (nSPS) is 10.6. The Morgan fingerprint density at radius 1 is 1.12 bits per heavy atom. The van der Waals surface area contributed by atoms with Gasteiger partial charge >= 0.3 is 0 Å². The van der Waals surface area contributed by atoms with Crippen molar-refractivity contribution in [2.45, 2.75) is 18.0 Å². The quantitative estimate of drug-likeness (QED) is 0.522. The minimum absolute atomic E-state index is 0.0774. The fourth-order valence-electron chi connectivity index (χ4n) is 2.61. The molecule has 1 aromatic carbocycles. The van der Waals surface area contributed by atoms with E-state index in [1.807, 2.05) is 42.8 Å². The van der Waals surface area contributed by atoms with E-state index in [4.69, 9.17) is 0 Å². The number of amides is 1. The second-order valence-corrected chi connectivity index (χ2v) is 6.27. The Bertz CT molecular complexity index is 832. The Morgan fingerprint density at radius 3 is 2.76 bits per heavy atom. The zero-order valence-electron chi connectivity index (χ0n) is 14.1. The van der Waals surface area contributed by atoms with Gasteiger partial charge in [0.25, 0.3) is 5.91 Å². The van der Waals surface area contributed by atoms with Crippen molar-refractivity contribution in [3.05, 3.63) is 66.6 Å². The summed E-state index contributed by atoms with van der Waals surface area (Å²) in [5.74, 6) is 0.871. The van der Waals surface area contributed by atoms with Gasteiger partial charge in [-0.05, 0) is 24.8 Å². The summed E-state index contributed by atoms with van der Waals surface area (Å²) < 4.78 is 2.11. The molecule has 0 aliphatic carbocycles. The maximum atomic E-state index is 12.3. The summed E-state index contributed by atoms with van der Waals surface area (Å²) in [5.41, 5.74) is 1.72. The van der Waals surface area contributed by atoms with Gasteiger partial charge < -0.3 is 9.88 Å². The molecule has 0 bridgehead atoms. The van der Waals surface area contributed by atoms with Crippen LogP contribution in [0.15, 0.2) is 66.1 Å². The van der Waals surface area contributed by atoms with E-state index < -0.39 is 0 Å². The lowest BCUT2D eigenvalue weighted by Crippen LogP contribution is -2.26. The summed E-state index contributed by atoms with van der Waals surface area (Å²) in [4.78, 5) is 20.9. The number of nitrogens with one attached hydrogen (secondary N) is 1. The van der Waals surface area contributed by atoms with Gasteiger partial charge in [0.1, 0.15) is 10.9 Å². The molecule has 1 N–H and O–H groups in total. The standard InChI is InChI=1S/C19H20N4OS/c1-25-19-16(9-5-10-22-19)18(24)21-11-6-13-23-14-12-20-17(23)15-7-3-2-4-8-15/h2-5,7-10,12,14H,6,11,13H2,1H3,(H,21,24). The van der Waals surface area contributed by atoms with Crippen molar-refractivity contribution >= 4 is 17.7 Å². The van der Waals surface area contributed by atoms with E-state index in [-0.39, 0.29) is 5.91 Å². The highest BCUT2D eigenvalue weighted by atomic mass is 32.2. The third kappa shape index (κ3) is 4.28. The van der Waals surface area contributed by atoms with Gasteiger partial charge in [-0.3, -0.25) is 4.79 Å². The molecule has 128 valence electrons. The molecule has 0 spiro atoms. The van der Waals surface area contributed by atoms with Crippen molar-refractivity contribution in [2.75, 3.05) is 12.8 Å². The van der Waals surface area contributed by atoms with Crippen LogP contribution in [0.5, 0.6) is 0 Å². The molecule has 2 aromatic heterocycles. The number of aromatic nitrogens is 3. The lowest BCUT2D eigenvalue weighted by molar-refractivity contribution is 0.0949. The second kappa shape index (κ2) is 8.48. The Hall–Kier alpha value is -2.60. The van der Waals surface area contributed by atoms with Crippen LogP contribution in [0.3, 0.4) is 0 Å². The van der Waals surface area contributed by atoms with Crippen molar-refractivity contribution in [1.29, 1.82) is 0 Å². The molecule has 0 atom stereocenters. The van der Waals surface area contributed by atoms with Gasteiger partial charge in [0.05, 0.1) is 5.56 Å². The summed E-state index contributed by atoms with van der Waals surface area (Å²) in [6.45, 7) is 1.40. The zero-order chi connectivity index (χ0) is 17.5. The molecule has 0 aliphatic rings. The zero-order valence-corrected chi connectivity index (χ0v) is 14.9. The maximum absolute atomic E-state index is 12.3. The lowest BCUT2D eigenvalue weighted by atomic mass is 10.2. The number of rotatable bonds is 7. The van der Waals surface area contributed by atoms with E-state index in [0.717, 1.165) is 29.4 Å². The largest absolute Gasteiger partial charge is 0.352 e. The van der Waals surface area contributed by atoms with E-state index in [2.05, 4.69) is 19.9 Å². The number of nitrogens with zero attached hydrogens (tertiary/aromatic N) is 3. The first-order chi connectivity index (χ1) is 12.3. The molecule has 0 radical (unpaired) electrons. The van der Waals surface area contributed by atoms with Crippen LogP contribution in [0.25, 0.3) is 11.4 Å². The van der Waals surface area contributed by atoms with Crippen LogP contribution >= 0.6 is 11.8 Å². The highest BCUT2D eigenvalue weighted by Gasteiger charge is 2.11. The Balaban J connectivity index is 1.54. The number of hydrogen-bond donors (Lipinski definition) is 1. The highest BCUT2D eigenvalue weighted by molar-refractivity contribution is 7.98. The molecular formula is C19H20N4OS. The maximum Gasteiger partial charge on any atom is 0.254 e. The number of pyridine rings is 1. The van der Waals surface area contributed by atoms with Gasteiger partial charge in [-0.1, -0.05) is 30.3 Å². The first-order valence-corrected chi connectivity index (χ1v) is 9.36. The summed E-state index contributed by atoms with van der Waals surface area (Å²) in [6.07, 6.45) is 8.23. The summed E-state index contributed by atoms with van der Waals surface area (Å²) in [7, 11) is 0. The molecule has 1 amide bonds. The third-order valence-electron chi connectivity index (χ3n) is 3.82. The molecule has 0 unspecified atom stereocenters. The molecule has 2 heterocycles. The van der Waals surface area contributed by atoms with E-state index in [9.17, 15) is 4.79 Å². The molecule has 25 heavy (non-hydrogen) atoms. The van der Waals surface area contributed by atoms with E-state index in [1.54, 1.807) is 24.5 Å². The first kappa shape index (κ1) is 17.2. The molecule has 0 fully saturated rings. The number of thioether (sulfide) groups is 1. The fraction of sp³-hybridized carbons (Fsp3) is 0.211. The van der Waals surface area contributed by atoms with Gasteiger partial charge in [-0.25, -0.2) is 9.97 Å². The van der Waals surface area contributed by atoms with Crippen molar-refractivity contribution < 1.29 is 4.79 Å². The van der Waals surface area contributed by atoms with Gasteiger partial charge in [-0.2, -0.15) is 0 Å².